The monoisotopic (exact) mass is 293 g/mol. The quantitative estimate of drug-likeness (QED) is 0.911. The number of furan rings is 1. The summed E-state index contributed by atoms with van der Waals surface area (Å²) in [5, 5.41) is 13.6. The highest BCUT2D eigenvalue weighted by Gasteiger charge is 2.27. The Hall–Kier alpha value is -1.78. The Morgan fingerprint density at radius 3 is 2.50 bits per heavy atom. The molecule has 0 fully saturated rings. The number of aliphatic hydroxyl groups is 1. The summed E-state index contributed by atoms with van der Waals surface area (Å²) in [7, 11) is 0. The molecule has 2 aromatic rings. The zero-order valence-corrected chi connectivity index (χ0v) is 12.1. The molecule has 1 aromatic carbocycles. The fraction of sp³-hybridized carbons (Fsp3) is 0.267. The molecule has 0 spiro atoms. The minimum absolute atomic E-state index is 0.0570. The van der Waals surface area contributed by atoms with Crippen LogP contribution in [0.3, 0.4) is 0 Å². The van der Waals surface area contributed by atoms with Crippen molar-refractivity contribution in [3.05, 3.63) is 58.5 Å². The van der Waals surface area contributed by atoms with Crippen molar-refractivity contribution in [1.29, 1.82) is 0 Å². The molecule has 1 aromatic heterocycles. The molecule has 0 saturated carbocycles. The highest BCUT2D eigenvalue weighted by Crippen LogP contribution is 2.22. The third-order valence-electron chi connectivity index (χ3n) is 2.97. The second-order valence-corrected chi connectivity index (χ2v) is 5.31. The minimum Gasteiger partial charge on any atom is -0.463 e. The van der Waals surface area contributed by atoms with Gasteiger partial charge in [0.25, 0.3) is 5.91 Å². The number of rotatable bonds is 4. The van der Waals surface area contributed by atoms with Crippen molar-refractivity contribution in [2.45, 2.75) is 19.4 Å². The Balaban J connectivity index is 2.00. The molecule has 0 aliphatic carbocycles. The highest BCUT2D eigenvalue weighted by atomic mass is 35.5. The van der Waals surface area contributed by atoms with Gasteiger partial charge in [0.15, 0.2) is 0 Å². The third kappa shape index (κ3) is 3.40. The number of amides is 1. The van der Waals surface area contributed by atoms with Crippen LogP contribution in [-0.4, -0.2) is 17.6 Å². The molecule has 1 amide bonds. The van der Waals surface area contributed by atoms with Crippen LogP contribution in [0, 0.1) is 6.92 Å². The largest absolute Gasteiger partial charge is 0.463 e. The highest BCUT2D eigenvalue weighted by molar-refractivity contribution is 6.30. The van der Waals surface area contributed by atoms with E-state index >= 15 is 0 Å². The lowest BCUT2D eigenvalue weighted by Crippen LogP contribution is -2.38. The molecule has 0 aliphatic heterocycles. The van der Waals surface area contributed by atoms with Gasteiger partial charge >= 0.3 is 0 Å². The Kier molecular flexibility index (Phi) is 4.16. The molecule has 2 rings (SSSR count). The number of carbonyl (C=O) groups is 1. The molecule has 1 heterocycles. The van der Waals surface area contributed by atoms with Crippen LogP contribution in [0.1, 0.15) is 28.8 Å². The van der Waals surface area contributed by atoms with Gasteiger partial charge in [-0.2, -0.15) is 0 Å². The molecule has 106 valence electrons. The van der Waals surface area contributed by atoms with Gasteiger partial charge < -0.3 is 14.8 Å². The summed E-state index contributed by atoms with van der Waals surface area (Å²) in [5.74, 6) is 0.862. The van der Waals surface area contributed by atoms with Crippen molar-refractivity contribution in [1.82, 2.24) is 5.32 Å². The van der Waals surface area contributed by atoms with Gasteiger partial charge in [-0.1, -0.05) is 11.6 Å². The number of nitrogens with one attached hydrogen (secondary N) is 1. The van der Waals surface area contributed by atoms with Crippen molar-refractivity contribution in [3.63, 3.8) is 0 Å². The van der Waals surface area contributed by atoms with Gasteiger partial charge in [-0.15, -0.1) is 0 Å². The van der Waals surface area contributed by atoms with Crippen LogP contribution in [0.4, 0.5) is 0 Å². The number of hydrogen-bond acceptors (Lipinski definition) is 3. The maximum absolute atomic E-state index is 11.9. The Bertz CT molecular complexity index is 602. The molecule has 2 N–H and O–H groups in total. The normalized spacial score (nSPS) is 13.8. The average molecular weight is 294 g/mol. The first-order valence-electron chi connectivity index (χ1n) is 6.21. The third-order valence-corrected chi connectivity index (χ3v) is 3.22. The number of carbonyl (C=O) groups excluding carboxylic acids is 1. The molecule has 20 heavy (non-hydrogen) atoms. The van der Waals surface area contributed by atoms with Gasteiger partial charge in [0, 0.05) is 10.6 Å². The Morgan fingerprint density at radius 2 is 1.95 bits per heavy atom. The van der Waals surface area contributed by atoms with E-state index in [2.05, 4.69) is 5.32 Å². The van der Waals surface area contributed by atoms with Crippen molar-refractivity contribution in [3.8, 4) is 0 Å². The number of halogens is 1. The van der Waals surface area contributed by atoms with Gasteiger partial charge in [-0.05, 0) is 50.2 Å². The summed E-state index contributed by atoms with van der Waals surface area (Å²) >= 11 is 5.76. The summed E-state index contributed by atoms with van der Waals surface area (Å²) in [6.45, 7) is 3.45. The zero-order valence-electron chi connectivity index (χ0n) is 11.3. The van der Waals surface area contributed by atoms with Gasteiger partial charge in [0.05, 0.1) is 6.54 Å². The molecular formula is C15H16ClNO3. The summed E-state index contributed by atoms with van der Waals surface area (Å²) < 4.78 is 5.38. The topological polar surface area (TPSA) is 62.5 Å². The zero-order chi connectivity index (χ0) is 14.8. The van der Waals surface area contributed by atoms with Crippen LogP contribution in [0.25, 0.3) is 0 Å². The van der Waals surface area contributed by atoms with E-state index in [9.17, 15) is 9.90 Å². The maximum Gasteiger partial charge on any atom is 0.251 e. The molecular weight excluding hydrogens is 278 g/mol. The minimum atomic E-state index is -1.25. The predicted octanol–water partition coefficient (Wildman–Crippen LogP) is 2.88. The van der Waals surface area contributed by atoms with E-state index in [4.69, 9.17) is 16.0 Å². The van der Waals surface area contributed by atoms with E-state index in [1.54, 1.807) is 50.2 Å². The smallest absolute Gasteiger partial charge is 0.251 e. The van der Waals surface area contributed by atoms with Gasteiger partial charge in [-0.25, -0.2) is 0 Å². The Morgan fingerprint density at radius 1 is 1.30 bits per heavy atom. The van der Waals surface area contributed by atoms with Gasteiger partial charge in [-0.3, -0.25) is 4.79 Å². The van der Waals surface area contributed by atoms with Crippen LogP contribution >= 0.6 is 11.6 Å². The second kappa shape index (κ2) is 5.69. The summed E-state index contributed by atoms with van der Waals surface area (Å²) in [5.41, 5.74) is -0.767. The lowest BCUT2D eigenvalue weighted by Gasteiger charge is -2.21. The first-order valence-corrected chi connectivity index (χ1v) is 6.59. The first-order chi connectivity index (χ1) is 9.38. The average Bonchev–Trinajstić information content (AvgIpc) is 2.84. The summed E-state index contributed by atoms with van der Waals surface area (Å²) in [6, 6.07) is 10.0. The number of aryl methyl sites for hydroxylation is 1. The molecule has 4 nitrogen and oxygen atoms in total. The summed E-state index contributed by atoms with van der Waals surface area (Å²) in [6.07, 6.45) is 0. The van der Waals surface area contributed by atoms with E-state index in [0.717, 1.165) is 0 Å². The molecule has 0 aliphatic rings. The van der Waals surface area contributed by atoms with Gasteiger partial charge in [0.1, 0.15) is 17.1 Å². The van der Waals surface area contributed by atoms with E-state index in [1.165, 1.54) is 0 Å². The van der Waals surface area contributed by atoms with E-state index in [1.807, 2.05) is 0 Å². The summed E-state index contributed by atoms with van der Waals surface area (Å²) in [4.78, 5) is 11.9. The first kappa shape index (κ1) is 14.6. The fourth-order valence-corrected chi connectivity index (χ4v) is 1.89. The van der Waals surface area contributed by atoms with Crippen LogP contribution in [0.5, 0.6) is 0 Å². The van der Waals surface area contributed by atoms with Crippen LogP contribution in [0.2, 0.25) is 5.02 Å². The van der Waals surface area contributed by atoms with Crippen molar-refractivity contribution in [2.75, 3.05) is 6.54 Å². The SMILES string of the molecule is Cc1ccc(C(C)(O)CNC(=O)c2ccc(Cl)cc2)o1. The van der Waals surface area contributed by atoms with Crippen molar-refractivity contribution >= 4 is 17.5 Å². The molecule has 5 heteroatoms. The Labute approximate surface area is 122 Å². The van der Waals surface area contributed by atoms with Crippen LogP contribution < -0.4 is 5.32 Å². The van der Waals surface area contributed by atoms with Crippen molar-refractivity contribution in [2.24, 2.45) is 0 Å². The molecule has 1 unspecified atom stereocenters. The van der Waals surface area contributed by atoms with Gasteiger partial charge in [0.2, 0.25) is 0 Å². The van der Waals surface area contributed by atoms with E-state index < -0.39 is 5.60 Å². The molecule has 0 radical (unpaired) electrons. The van der Waals surface area contributed by atoms with Crippen LogP contribution in [0.15, 0.2) is 40.8 Å². The lowest BCUT2D eigenvalue weighted by atomic mass is 10.0. The van der Waals surface area contributed by atoms with E-state index in [-0.39, 0.29) is 12.5 Å². The number of benzene rings is 1. The maximum atomic E-state index is 11.9. The lowest BCUT2D eigenvalue weighted by molar-refractivity contribution is 0.0323. The molecule has 0 saturated heterocycles. The number of hydrogen-bond donors (Lipinski definition) is 2. The van der Waals surface area contributed by atoms with E-state index in [0.29, 0.717) is 22.1 Å². The van der Waals surface area contributed by atoms with Crippen LogP contribution in [-0.2, 0) is 5.60 Å². The second-order valence-electron chi connectivity index (χ2n) is 4.87. The predicted molar refractivity (Wildman–Crippen MR) is 76.8 cm³/mol. The molecule has 1 atom stereocenters. The standard InChI is InChI=1S/C15H16ClNO3/c1-10-3-8-13(20-10)15(2,19)9-17-14(18)11-4-6-12(16)7-5-11/h3-8,19H,9H2,1-2H3,(H,17,18). The van der Waals surface area contributed by atoms with Crippen molar-refractivity contribution < 1.29 is 14.3 Å². The fourth-order valence-electron chi connectivity index (χ4n) is 1.77. The molecule has 0 bridgehead atoms.